The summed E-state index contributed by atoms with van der Waals surface area (Å²) in [5, 5.41) is 0. The smallest absolute Gasteiger partial charge is 0.0637 e. The van der Waals surface area contributed by atoms with Gasteiger partial charge in [-0.15, -0.1) is 0 Å². The van der Waals surface area contributed by atoms with Crippen molar-refractivity contribution in [3.05, 3.63) is 46.0 Å². The zero-order chi connectivity index (χ0) is 16.7. The van der Waals surface area contributed by atoms with Gasteiger partial charge >= 0.3 is 0 Å². The molecule has 0 radical (unpaired) electrons. The Morgan fingerprint density at radius 3 is 2.13 bits per heavy atom. The lowest BCUT2D eigenvalue weighted by Crippen LogP contribution is -2.30. The molecule has 4 nitrogen and oxygen atoms in total. The average molecular weight is 426 g/mol. The van der Waals surface area contributed by atoms with Gasteiger partial charge in [0.2, 0.25) is 0 Å². The molecule has 2 aromatic carbocycles. The topological polar surface area (TPSA) is 47.7 Å². The Labute approximate surface area is 151 Å². The van der Waals surface area contributed by atoms with Gasteiger partial charge in [0, 0.05) is 47.8 Å². The SMILES string of the molecule is COCCN(CCOC)c1ccc(N)c(-c2ccc(I)cc2)c1. The van der Waals surface area contributed by atoms with E-state index in [0.717, 1.165) is 35.6 Å². The largest absolute Gasteiger partial charge is 0.398 e. The molecule has 2 N–H and O–H groups in total. The third-order valence-electron chi connectivity index (χ3n) is 3.69. The van der Waals surface area contributed by atoms with Crippen LogP contribution in [0.4, 0.5) is 11.4 Å². The molecule has 5 heteroatoms. The summed E-state index contributed by atoms with van der Waals surface area (Å²) in [4.78, 5) is 2.25. The van der Waals surface area contributed by atoms with Crippen LogP contribution in [0.1, 0.15) is 0 Å². The van der Waals surface area contributed by atoms with Crippen LogP contribution in [0.5, 0.6) is 0 Å². The Kier molecular flexibility index (Phi) is 7.14. The van der Waals surface area contributed by atoms with E-state index in [-0.39, 0.29) is 0 Å². The molecule has 124 valence electrons. The van der Waals surface area contributed by atoms with Crippen LogP contribution in [0.15, 0.2) is 42.5 Å². The molecule has 0 saturated carbocycles. The predicted octanol–water partition coefficient (Wildman–Crippen LogP) is 3.64. The molecule has 0 unspecified atom stereocenters. The highest BCUT2D eigenvalue weighted by Crippen LogP contribution is 2.30. The average Bonchev–Trinajstić information content (AvgIpc) is 2.57. The van der Waals surface area contributed by atoms with Crippen LogP contribution in [0.3, 0.4) is 0 Å². The van der Waals surface area contributed by atoms with Gasteiger partial charge in [-0.25, -0.2) is 0 Å². The number of nitrogen functional groups attached to an aromatic ring is 1. The highest BCUT2D eigenvalue weighted by molar-refractivity contribution is 14.1. The lowest BCUT2D eigenvalue weighted by Gasteiger charge is -2.25. The molecule has 2 aromatic rings. The fraction of sp³-hybridized carbons (Fsp3) is 0.333. The van der Waals surface area contributed by atoms with Gasteiger partial charge in [0.1, 0.15) is 0 Å². The van der Waals surface area contributed by atoms with Crippen LogP contribution in [0.2, 0.25) is 0 Å². The Bertz CT molecular complexity index is 609. The quantitative estimate of drug-likeness (QED) is 0.518. The van der Waals surface area contributed by atoms with Gasteiger partial charge in [0.05, 0.1) is 13.2 Å². The van der Waals surface area contributed by atoms with Crippen molar-refractivity contribution < 1.29 is 9.47 Å². The second kappa shape index (κ2) is 9.10. The van der Waals surface area contributed by atoms with Crippen molar-refractivity contribution in [2.24, 2.45) is 0 Å². The Morgan fingerprint density at radius 2 is 1.57 bits per heavy atom. The van der Waals surface area contributed by atoms with Crippen LogP contribution >= 0.6 is 22.6 Å². The number of methoxy groups -OCH3 is 2. The second-order valence-electron chi connectivity index (χ2n) is 5.25. The van der Waals surface area contributed by atoms with Crippen molar-refractivity contribution in [3.8, 4) is 11.1 Å². The molecule has 2 rings (SSSR count). The maximum atomic E-state index is 6.19. The summed E-state index contributed by atoms with van der Waals surface area (Å²) in [6.45, 7) is 2.98. The van der Waals surface area contributed by atoms with Crippen molar-refractivity contribution in [2.75, 3.05) is 51.2 Å². The van der Waals surface area contributed by atoms with Crippen LogP contribution in [0.25, 0.3) is 11.1 Å². The van der Waals surface area contributed by atoms with E-state index in [2.05, 4.69) is 63.9 Å². The lowest BCUT2D eigenvalue weighted by atomic mass is 10.0. The number of nitrogens with zero attached hydrogens (tertiary/aromatic N) is 1. The van der Waals surface area contributed by atoms with Crippen LogP contribution in [-0.2, 0) is 9.47 Å². The molecule has 0 aliphatic carbocycles. The first-order valence-electron chi connectivity index (χ1n) is 7.54. The minimum Gasteiger partial charge on any atom is -0.398 e. The summed E-state index contributed by atoms with van der Waals surface area (Å²) in [5.41, 5.74) is 10.3. The molecule has 0 fully saturated rings. The molecule has 23 heavy (non-hydrogen) atoms. The number of hydrogen-bond donors (Lipinski definition) is 1. The highest BCUT2D eigenvalue weighted by atomic mass is 127. The number of halogens is 1. The van der Waals surface area contributed by atoms with Gasteiger partial charge in [0.25, 0.3) is 0 Å². The molecular weight excluding hydrogens is 403 g/mol. The second-order valence-corrected chi connectivity index (χ2v) is 6.50. The first-order chi connectivity index (χ1) is 11.2. The van der Waals surface area contributed by atoms with E-state index in [4.69, 9.17) is 15.2 Å². The molecule has 0 saturated heterocycles. The van der Waals surface area contributed by atoms with Crippen molar-refractivity contribution in [3.63, 3.8) is 0 Å². The first-order valence-corrected chi connectivity index (χ1v) is 8.62. The van der Waals surface area contributed by atoms with E-state index in [1.807, 2.05) is 6.07 Å². The monoisotopic (exact) mass is 426 g/mol. The fourth-order valence-electron chi connectivity index (χ4n) is 2.39. The Balaban J connectivity index is 2.31. The summed E-state index contributed by atoms with van der Waals surface area (Å²) < 4.78 is 11.6. The summed E-state index contributed by atoms with van der Waals surface area (Å²) in [7, 11) is 3.43. The molecule has 0 aliphatic rings. The van der Waals surface area contributed by atoms with E-state index in [9.17, 15) is 0 Å². The van der Waals surface area contributed by atoms with E-state index >= 15 is 0 Å². The van der Waals surface area contributed by atoms with Gasteiger partial charge in [-0.3, -0.25) is 0 Å². The number of ether oxygens (including phenoxy) is 2. The van der Waals surface area contributed by atoms with E-state index < -0.39 is 0 Å². The van der Waals surface area contributed by atoms with Crippen LogP contribution in [-0.4, -0.2) is 40.5 Å². The van der Waals surface area contributed by atoms with Gasteiger partial charge in [-0.1, -0.05) is 12.1 Å². The summed E-state index contributed by atoms with van der Waals surface area (Å²) in [6, 6.07) is 14.6. The molecule has 0 bridgehead atoms. The molecule has 0 spiro atoms. The summed E-state index contributed by atoms with van der Waals surface area (Å²) in [5.74, 6) is 0. The molecule has 0 aliphatic heterocycles. The zero-order valence-corrected chi connectivity index (χ0v) is 15.7. The summed E-state index contributed by atoms with van der Waals surface area (Å²) in [6.07, 6.45) is 0. The highest BCUT2D eigenvalue weighted by Gasteiger charge is 2.10. The van der Waals surface area contributed by atoms with Gasteiger partial charge in [-0.05, 0) is 58.5 Å². The first kappa shape index (κ1) is 18.0. The lowest BCUT2D eigenvalue weighted by molar-refractivity contribution is 0.190. The third kappa shape index (κ3) is 5.09. The fourth-order valence-corrected chi connectivity index (χ4v) is 2.75. The van der Waals surface area contributed by atoms with E-state index in [1.54, 1.807) is 14.2 Å². The number of benzene rings is 2. The third-order valence-corrected chi connectivity index (χ3v) is 4.41. The number of rotatable bonds is 8. The number of nitrogens with two attached hydrogens (primary N) is 1. The van der Waals surface area contributed by atoms with E-state index in [0.29, 0.717) is 13.2 Å². The maximum absolute atomic E-state index is 6.19. The maximum Gasteiger partial charge on any atom is 0.0637 e. The standard InChI is InChI=1S/C18H23IN2O2/c1-22-11-9-21(10-12-23-2)16-7-8-18(20)17(13-16)14-3-5-15(19)6-4-14/h3-8,13H,9-12,20H2,1-2H3. The number of hydrogen-bond acceptors (Lipinski definition) is 4. The Morgan fingerprint density at radius 1 is 0.957 bits per heavy atom. The minimum absolute atomic E-state index is 0.674. The predicted molar refractivity (Wildman–Crippen MR) is 105 cm³/mol. The van der Waals surface area contributed by atoms with Crippen molar-refractivity contribution in [1.29, 1.82) is 0 Å². The Hall–Kier alpha value is -1.31. The molecule has 0 aromatic heterocycles. The molecule has 0 amide bonds. The number of anilines is 2. The summed E-state index contributed by atoms with van der Waals surface area (Å²) >= 11 is 2.30. The molecule has 0 atom stereocenters. The van der Waals surface area contributed by atoms with Crippen LogP contribution in [0, 0.1) is 3.57 Å². The van der Waals surface area contributed by atoms with Gasteiger partial charge < -0.3 is 20.1 Å². The van der Waals surface area contributed by atoms with Gasteiger partial charge in [0.15, 0.2) is 0 Å². The van der Waals surface area contributed by atoms with Crippen molar-refractivity contribution in [1.82, 2.24) is 0 Å². The minimum atomic E-state index is 0.674. The molecular formula is C18H23IN2O2. The zero-order valence-electron chi connectivity index (χ0n) is 13.6. The normalized spacial score (nSPS) is 10.7. The van der Waals surface area contributed by atoms with Crippen molar-refractivity contribution >= 4 is 34.0 Å². The molecule has 0 heterocycles. The van der Waals surface area contributed by atoms with Crippen molar-refractivity contribution in [2.45, 2.75) is 0 Å². The van der Waals surface area contributed by atoms with Crippen LogP contribution < -0.4 is 10.6 Å². The van der Waals surface area contributed by atoms with E-state index in [1.165, 1.54) is 3.57 Å². The van der Waals surface area contributed by atoms with Gasteiger partial charge in [-0.2, -0.15) is 0 Å².